The Labute approximate surface area is 168 Å². The molecule has 3 aromatic rings. The molecule has 1 aromatic heterocycles. The number of aromatic hydroxyl groups is 1. The normalized spacial score (nSPS) is 15.9. The maximum Gasteiger partial charge on any atom is 0.336 e. The van der Waals surface area contributed by atoms with Gasteiger partial charge in [0.15, 0.2) is 11.5 Å². The molecule has 8 heteroatoms. The summed E-state index contributed by atoms with van der Waals surface area (Å²) in [5.41, 5.74) is 0.277. The number of hydrogen-bond donors (Lipinski definition) is 1. The zero-order valence-electron chi connectivity index (χ0n) is 15.3. The second-order valence-electron chi connectivity index (χ2n) is 6.88. The Kier molecular flexibility index (Phi) is 4.42. The van der Waals surface area contributed by atoms with Gasteiger partial charge in [0.05, 0.1) is 16.8 Å². The minimum atomic E-state index is -0.726. The Hall–Kier alpha value is -3.19. The van der Waals surface area contributed by atoms with Gasteiger partial charge in [0.25, 0.3) is 0 Å². The summed E-state index contributed by atoms with van der Waals surface area (Å²) in [5.74, 6) is -3.14. The third kappa shape index (κ3) is 2.98. The molecule has 2 heterocycles. The lowest BCUT2D eigenvalue weighted by Gasteiger charge is -2.28. The average Bonchev–Trinajstić information content (AvgIpc) is 2.62. The van der Waals surface area contributed by atoms with Gasteiger partial charge in [-0.3, -0.25) is 9.59 Å². The topological polar surface area (TPSA) is 93.8 Å². The molecule has 1 aliphatic heterocycles. The molecule has 0 fully saturated rings. The second-order valence-corrected chi connectivity index (χ2v) is 7.29. The van der Waals surface area contributed by atoms with Crippen LogP contribution in [0.15, 0.2) is 33.5 Å². The summed E-state index contributed by atoms with van der Waals surface area (Å²) >= 11 is 5.91. The van der Waals surface area contributed by atoms with Crippen LogP contribution in [0.2, 0.25) is 5.02 Å². The van der Waals surface area contributed by atoms with Crippen LogP contribution in [0.3, 0.4) is 0 Å². The van der Waals surface area contributed by atoms with Crippen molar-refractivity contribution in [3.05, 3.63) is 67.8 Å². The average molecular weight is 417 g/mol. The van der Waals surface area contributed by atoms with E-state index in [1.54, 1.807) is 6.92 Å². The first kappa shape index (κ1) is 19.1. The minimum Gasteiger partial charge on any atom is -0.506 e. The number of ketones is 1. The number of aryl methyl sites for hydroxylation is 1. The number of esters is 1. The number of phenols is 1. The molecule has 0 saturated heterocycles. The molecule has 29 heavy (non-hydrogen) atoms. The molecular formula is C21H14ClFO6. The fraction of sp³-hybridized carbons (Fsp3) is 0.190. The lowest BCUT2D eigenvalue weighted by atomic mass is 9.83. The number of fused-ring (bicyclic) bond motifs is 3. The number of ether oxygens (including phenoxy) is 1. The second kappa shape index (κ2) is 6.70. The maximum absolute atomic E-state index is 13.7. The first-order valence-electron chi connectivity index (χ1n) is 8.68. The van der Waals surface area contributed by atoms with Crippen LogP contribution in [0.4, 0.5) is 4.39 Å². The summed E-state index contributed by atoms with van der Waals surface area (Å²) in [6.07, 6.45) is -0.149. The van der Waals surface area contributed by atoms with Crippen molar-refractivity contribution >= 4 is 34.3 Å². The van der Waals surface area contributed by atoms with Crippen molar-refractivity contribution in [2.45, 2.75) is 26.2 Å². The van der Waals surface area contributed by atoms with Crippen LogP contribution in [0.5, 0.6) is 11.5 Å². The van der Waals surface area contributed by atoms with Crippen LogP contribution in [0.25, 0.3) is 11.0 Å². The Balaban J connectivity index is 2.17. The van der Waals surface area contributed by atoms with Crippen molar-refractivity contribution in [3.63, 3.8) is 0 Å². The van der Waals surface area contributed by atoms with Crippen molar-refractivity contribution in [1.29, 1.82) is 0 Å². The van der Waals surface area contributed by atoms with Gasteiger partial charge in [-0.05, 0) is 37.1 Å². The predicted molar refractivity (Wildman–Crippen MR) is 102 cm³/mol. The molecule has 1 N–H and O–H groups in total. The molecule has 4 rings (SSSR count). The number of Topliss-reactive ketones (excluding diaryl/α,β-unsaturated/α-hetero) is 1. The van der Waals surface area contributed by atoms with Gasteiger partial charge in [0, 0.05) is 17.5 Å². The van der Waals surface area contributed by atoms with Crippen molar-refractivity contribution in [2.24, 2.45) is 0 Å². The molecule has 0 amide bonds. The fourth-order valence-corrected chi connectivity index (χ4v) is 3.94. The van der Waals surface area contributed by atoms with E-state index in [0.717, 1.165) is 6.07 Å². The molecule has 0 bridgehead atoms. The zero-order valence-corrected chi connectivity index (χ0v) is 16.1. The molecule has 0 saturated carbocycles. The molecular weight excluding hydrogens is 403 g/mol. The molecule has 6 nitrogen and oxygen atoms in total. The Bertz CT molecular complexity index is 1280. The molecule has 148 valence electrons. The zero-order chi connectivity index (χ0) is 21.0. The summed E-state index contributed by atoms with van der Waals surface area (Å²) in [7, 11) is 0. The Morgan fingerprint density at radius 1 is 1.28 bits per heavy atom. The van der Waals surface area contributed by atoms with Crippen LogP contribution in [0, 0.1) is 12.7 Å². The summed E-state index contributed by atoms with van der Waals surface area (Å²) < 4.78 is 24.3. The lowest BCUT2D eigenvalue weighted by Crippen LogP contribution is -2.23. The summed E-state index contributed by atoms with van der Waals surface area (Å²) in [6, 6.07) is 5.17. The van der Waals surface area contributed by atoms with Gasteiger partial charge >= 0.3 is 11.6 Å². The molecule has 2 aromatic carbocycles. The van der Waals surface area contributed by atoms with Gasteiger partial charge < -0.3 is 14.3 Å². The van der Waals surface area contributed by atoms with Gasteiger partial charge in [0.2, 0.25) is 0 Å². The number of hydrogen-bond acceptors (Lipinski definition) is 6. The van der Waals surface area contributed by atoms with E-state index in [9.17, 15) is 23.9 Å². The molecule has 1 atom stereocenters. The van der Waals surface area contributed by atoms with Gasteiger partial charge in [-0.1, -0.05) is 17.7 Å². The maximum atomic E-state index is 13.7. The van der Waals surface area contributed by atoms with Crippen LogP contribution < -0.4 is 10.4 Å². The highest BCUT2D eigenvalue weighted by Gasteiger charge is 2.37. The Morgan fingerprint density at radius 3 is 2.66 bits per heavy atom. The third-order valence-electron chi connectivity index (χ3n) is 4.98. The highest BCUT2D eigenvalue weighted by molar-refractivity contribution is 6.30. The summed E-state index contributed by atoms with van der Waals surface area (Å²) in [4.78, 5) is 36.6. The molecule has 0 spiro atoms. The minimum absolute atomic E-state index is 0.00504. The largest absolute Gasteiger partial charge is 0.506 e. The molecule has 1 aliphatic rings. The third-order valence-corrected chi connectivity index (χ3v) is 5.27. The number of halogens is 2. The van der Waals surface area contributed by atoms with E-state index in [0.29, 0.717) is 11.1 Å². The van der Waals surface area contributed by atoms with E-state index in [1.807, 2.05) is 0 Å². The molecule has 0 aliphatic carbocycles. The van der Waals surface area contributed by atoms with Crippen molar-refractivity contribution in [3.8, 4) is 11.5 Å². The van der Waals surface area contributed by atoms with Gasteiger partial charge in [-0.2, -0.15) is 0 Å². The first-order chi connectivity index (χ1) is 13.7. The van der Waals surface area contributed by atoms with E-state index in [2.05, 4.69) is 0 Å². The van der Waals surface area contributed by atoms with E-state index in [4.69, 9.17) is 20.8 Å². The molecule has 0 unspecified atom stereocenters. The number of carbonyl (C=O) groups excluding carboxylic acids is 2. The van der Waals surface area contributed by atoms with Crippen molar-refractivity contribution in [1.82, 2.24) is 0 Å². The van der Waals surface area contributed by atoms with Gasteiger partial charge in [-0.15, -0.1) is 0 Å². The Morgan fingerprint density at radius 2 is 2.00 bits per heavy atom. The van der Waals surface area contributed by atoms with Crippen LogP contribution in [-0.4, -0.2) is 16.9 Å². The summed E-state index contributed by atoms with van der Waals surface area (Å²) in [5, 5.41) is 10.8. The van der Waals surface area contributed by atoms with E-state index < -0.39 is 34.9 Å². The van der Waals surface area contributed by atoms with Crippen molar-refractivity contribution in [2.75, 3.05) is 0 Å². The highest BCUT2D eigenvalue weighted by atomic mass is 35.5. The SMILES string of the molecule is CC(=O)c1c2c(c3oc(=O)cc(C)c3c1O)[C@@H](c1ccc(F)c(Cl)c1)CC(=O)O2. The smallest absolute Gasteiger partial charge is 0.336 e. The monoisotopic (exact) mass is 416 g/mol. The predicted octanol–water partition coefficient (Wildman–Crippen LogP) is 4.24. The van der Waals surface area contributed by atoms with Crippen LogP contribution in [0.1, 0.15) is 46.3 Å². The van der Waals surface area contributed by atoms with Gasteiger partial charge in [0.1, 0.15) is 22.7 Å². The number of rotatable bonds is 2. The molecule has 0 radical (unpaired) electrons. The quantitative estimate of drug-likeness (QED) is 0.290. The first-order valence-corrected chi connectivity index (χ1v) is 9.06. The lowest BCUT2D eigenvalue weighted by molar-refractivity contribution is -0.135. The van der Waals surface area contributed by atoms with E-state index >= 15 is 0 Å². The number of phenolic OH excluding ortho intramolecular Hbond substituents is 1. The van der Waals surface area contributed by atoms with Gasteiger partial charge in [-0.25, -0.2) is 9.18 Å². The highest BCUT2D eigenvalue weighted by Crippen LogP contribution is 2.49. The number of benzene rings is 2. The van der Waals surface area contributed by atoms with E-state index in [-0.39, 0.29) is 39.3 Å². The van der Waals surface area contributed by atoms with Crippen LogP contribution in [-0.2, 0) is 4.79 Å². The van der Waals surface area contributed by atoms with E-state index in [1.165, 1.54) is 25.1 Å². The standard InChI is InChI=1S/C21H14ClFO6/c1-8-5-14(25)28-20-16(8)19(27)17(9(2)24)21-18(20)11(7-15(26)29-21)10-3-4-13(23)12(22)6-10/h3-6,11,27H,7H2,1-2H3/t11-/m1/s1. The van der Waals surface area contributed by atoms with Crippen molar-refractivity contribution < 1.29 is 28.2 Å². The summed E-state index contributed by atoms with van der Waals surface area (Å²) in [6.45, 7) is 2.82. The number of carbonyl (C=O) groups is 2. The van der Waals surface area contributed by atoms with Crippen LogP contribution >= 0.6 is 11.6 Å². The fourth-order valence-electron chi connectivity index (χ4n) is 3.75.